The molecule has 0 aliphatic heterocycles. The summed E-state index contributed by atoms with van der Waals surface area (Å²) >= 11 is 21.0. The molecule has 4 rings (SSSR count). The van der Waals surface area contributed by atoms with Crippen LogP contribution in [0, 0.1) is 17.4 Å². The zero-order valence-electron chi connectivity index (χ0n) is 38.0. The Labute approximate surface area is 410 Å². The lowest BCUT2D eigenvalue weighted by Gasteiger charge is -2.29. The quantitative estimate of drug-likeness (QED) is 0.0397. The Balaban J connectivity index is 1.22. The van der Waals surface area contributed by atoms with E-state index in [9.17, 15) is 34.2 Å². The second kappa shape index (κ2) is 26.3. The lowest BCUT2D eigenvalue weighted by atomic mass is 9.88. The number of aliphatic carboxylic acids is 1. The molecular formula is C49H56Cl3N4O10S+. The Morgan fingerprint density at radius 2 is 1.52 bits per heavy atom. The van der Waals surface area contributed by atoms with E-state index in [1.54, 1.807) is 48.2 Å². The highest BCUT2D eigenvalue weighted by atomic mass is 35.5. The smallest absolute Gasteiger partial charge is 0.508 e. The maximum atomic E-state index is 13.2. The third-order valence-corrected chi connectivity index (χ3v) is 11.8. The maximum absolute atomic E-state index is 13.2. The zero-order valence-corrected chi connectivity index (χ0v) is 41.1. The van der Waals surface area contributed by atoms with Crippen molar-refractivity contribution in [3.63, 3.8) is 0 Å². The molecule has 0 saturated carbocycles. The summed E-state index contributed by atoms with van der Waals surface area (Å²) < 4.78 is 17.5. The summed E-state index contributed by atoms with van der Waals surface area (Å²) in [6.07, 6.45) is 3.77. The third-order valence-electron chi connectivity index (χ3n) is 10.3. The van der Waals surface area contributed by atoms with E-state index in [1.807, 2.05) is 34.0 Å². The number of phenols is 1. The molecule has 14 nitrogen and oxygen atoms in total. The molecule has 4 amide bonds. The number of carbonyl (C=O) groups is 5. The molecule has 1 unspecified atom stereocenters. The topological polar surface area (TPSA) is 194 Å². The van der Waals surface area contributed by atoms with Gasteiger partial charge in [0.05, 0.1) is 39.4 Å². The van der Waals surface area contributed by atoms with E-state index in [-0.39, 0.29) is 68.6 Å². The van der Waals surface area contributed by atoms with Crippen LogP contribution in [-0.2, 0) is 32.0 Å². The molecule has 0 bridgehead atoms. The van der Waals surface area contributed by atoms with Gasteiger partial charge < -0.3 is 40.4 Å². The third kappa shape index (κ3) is 18.0. The fourth-order valence-electron chi connectivity index (χ4n) is 6.20. The van der Waals surface area contributed by atoms with Crippen LogP contribution in [0.3, 0.4) is 0 Å². The monoisotopic (exact) mass is 997 g/mol. The number of aromatic hydroxyl groups is 1. The molecule has 0 aromatic heterocycles. The van der Waals surface area contributed by atoms with E-state index >= 15 is 0 Å². The van der Waals surface area contributed by atoms with E-state index in [4.69, 9.17) is 49.0 Å². The number of anilines is 1. The Bertz CT molecular complexity index is 2420. The first-order valence-corrected chi connectivity index (χ1v) is 23.9. The summed E-state index contributed by atoms with van der Waals surface area (Å²) in [5.41, 5.74) is 0.738. The highest BCUT2D eigenvalue weighted by molar-refractivity contribution is 7.98. The SMILES string of the molecule is CSCCOCCC(C)(C)OCCC(C)(C)C(=O)NCCCOc1cc(Cl)c(C(=O)Nc2ccc(CC(C#[N+]C(=O)c3ccc(C(=O)NCc4cccc(O)c4)cc3Cl)C(=O)O)cc2)c(Cl)c1. The first kappa shape index (κ1) is 54.3. The number of nitrogens with one attached hydrogen (secondary N) is 3. The summed E-state index contributed by atoms with van der Waals surface area (Å²) in [6, 6.07) is 22.1. The fourth-order valence-corrected chi connectivity index (χ4v) is 7.39. The fraction of sp³-hybridized carbons (Fsp3) is 0.388. The minimum atomic E-state index is -1.31. The van der Waals surface area contributed by atoms with Crippen molar-refractivity contribution in [2.24, 2.45) is 11.3 Å². The van der Waals surface area contributed by atoms with Crippen LogP contribution < -0.4 is 20.7 Å². The van der Waals surface area contributed by atoms with Crippen molar-refractivity contribution in [2.75, 3.05) is 50.3 Å². The summed E-state index contributed by atoms with van der Waals surface area (Å²) in [4.78, 5) is 67.5. The van der Waals surface area contributed by atoms with Gasteiger partial charge in [-0.3, -0.25) is 19.2 Å². The highest BCUT2D eigenvalue weighted by Crippen LogP contribution is 2.32. The van der Waals surface area contributed by atoms with Crippen molar-refractivity contribution in [1.29, 1.82) is 0 Å². The summed E-state index contributed by atoms with van der Waals surface area (Å²) in [6.45, 7) is 10.4. The van der Waals surface area contributed by atoms with Crippen molar-refractivity contribution < 1.29 is 48.4 Å². The van der Waals surface area contributed by atoms with Gasteiger partial charge in [0.2, 0.25) is 5.91 Å². The number of hydrogen-bond acceptors (Lipinski definition) is 10. The van der Waals surface area contributed by atoms with Gasteiger partial charge >= 0.3 is 17.9 Å². The number of amides is 4. The largest absolute Gasteiger partial charge is 0.548 e. The Hall–Kier alpha value is -5.34. The Morgan fingerprint density at radius 3 is 2.18 bits per heavy atom. The second-order valence-corrected chi connectivity index (χ2v) is 18.9. The second-order valence-electron chi connectivity index (χ2n) is 16.7. The zero-order chi connectivity index (χ0) is 49.1. The molecule has 0 spiro atoms. The van der Waals surface area contributed by atoms with Gasteiger partial charge in [-0.1, -0.05) is 72.9 Å². The number of phenolic OH excluding ortho intramolecular Hbond substituents is 1. The number of rotatable bonds is 25. The van der Waals surface area contributed by atoms with Crippen molar-refractivity contribution in [3.05, 3.63) is 127 Å². The average molecular weight is 999 g/mol. The number of ether oxygens (including phenoxy) is 3. The summed E-state index contributed by atoms with van der Waals surface area (Å²) in [5.74, 6) is -3.23. The lowest BCUT2D eigenvalue weighted by Crippen LogP contribution is -2.39. The number of benzene rings is 4. The number of carbonyl (C=O) groups excluding carboxylic acids is 4. The first-order valence-electron chi connectivity index (χ1n) is 21.4. The molecular weight excluding hydrogens is 943 g/mol. The minimum absolute atomic E-state index is 0.0190. The maximum Gasteiger partial charge on any atom is 0.548 e. The molecule has 5 N–H and O–H groups in total. The molecule has 67 heavy (non-hydrogen) atoms. The normalized spacial score (nSPS) is 11.8. The number of thioether (sulfide) groups is 1. The molecule has 4 aromatic rings. The lowest BCUT2D eigenvalue weighted by molar-refractivity contribution is -0.139. The van der Waals surface area contributed by atoms with Gasteiger partial charge in [0.1, 0.15) is 17.1 Å². The number of carboxylic acid groups (broad SMARTS) is 1. The standard InChI is InChI=1S/C49H55Cl3N4O10S/c1-48(2,16-21-66-49(3,4)17-20-64-22-23-67-5)47(63)53-18-7-19-65-37-27-40(51)42(41(52)28-37)45(60)56-35-13-10-31(11-14-35)24-34(46(61)62)30-55-44(59)38-15-12-33(26-39(38)50)43(58)54-29-32-8-6-9-36(57)25-32/h6,8-15,25-28,34H,7,16-24,29H2,1-5H3,(H4-,53,54,56,57,58,60,61,62,63)/p+1. The molecule has 0 aliphatic carbocycles. The van der Waals surface area contributed by atoms with Gasteiger partial charge in [-0.2, -0.15) is 16.6 Å². The molecule has 0 aliphatic rings. The van der Waals surface area contributed by atoms with E-state index in [1.165, 1.54) is 42.5 Å². The van der Waals surface area contributed by atoms with Crippen molar-refractivity contribution >= 4 is 81.9 Å². The van der Waals surface area contributed by atoms with Crippen LogP contribution in [0.4, 0.5) is 5.69 Å². The van der Waals surface area contributed by atoms with Crippen molar-refractivity contribution in [1.82, 2.24) is 10.6 Å². The molecule has 358 valence electrons. The van der Waals surface area contributed by atoms with E-state index < -0.39 is 35.0 Å². The molecule has 0 heterocycles. The number of carboxylic acids is 1. The van der Waals surface area contributed by atoms with Gasteiger partial charge in [0.25, 0.3) is 11.8 Å². The Kier molecular flexibility index (Phi) is 21.3. The van der Waals surface area contributed by atoms with Crippen LogP contribution in [0.25, 0.3) is 4.85 Å². The van der Waals surface area contributed by atoms with Crippen LogP contribution in [0.5, 0.6) is 11.5 Å². The van der Waals surface area contributed by atoms with Crippen LogP contribution >= 0.6 is 46.6 Å². The number of hydrogen-bond donors (Lipinski definition) is 5. The van der Waals surface area contributed by atoms with Crippen LogP contribution in [0.2, 0.25) is 15.1 Å². The van der Waals surface area contributed by atoms with Crippen LogP contribution in [0.15, 0.2) is 78.9 Å². The average Bonchev–Trinajstić information content (AvgIpc) is 3.26. The molecule has 0 radical (unpaired) electrons. The molecule has 4 aromatic carbocycles. The summed E-state index contributed by atoms with van der Waals surface area (Å²) in [7, 11) is 0. The van der Waals surface area contributed by atoms with Crippen LogP contribution in [0.1, 0.15) is 89.2 Å². The molecule has 0 fully saturated rings. The number of nitrogens with zero attached hydrogens (tertiary/aromatic N) is 1. The minimum Gasteiger partial charge on any atom is -0.508 e. The predicted octanol–water partition coefficient (Wildman–Crippen LogP) is 9.82. The van der Waals surface area contributed by atoms with Crippen molar-refractivity contribution in [2.45, 2.75) is 65.5 Å². The van der Waals surface area contributed by atoms with Gasteiger partial charge in [0, 0.05) is 60.0 Å². The van der Waals surface area contributed by atoms with E-state index in [0.29, 0.717) is 61.8 Å². The van der Waals surface area contributed by atoms with Crippen molar-refractivity contribution in [3.8, 4) is 17.6 Å². The molecule has 1 atom stereocenters. The molecule has 0 saturated heterocycles. The first-order chi connectivity index (χ1) is 31.8. The molecule has 18 heteroatoms. The predicted molar refractivity (Wildman–Crippen MR) is 263 cm³/mol. The highest BCUT2D eigenvalue weighted by Gasteiger charge is 2.29. The summed E-state index contributed by atoms with van der Waals surface area (Å²) in [5, 5.41) is 27.9. The Morgan fingerprint density at radius 1 is 0.806 bits per heavy atom. The number of halogens is 3. The van der Waals surface area contributed by atoms with Gasteiger partial charge in [-0.15, -0.1) is 0 Å². The van der Waals surface area contributed by atoms with Gasteiger partial charge in [-0.05, 0) is 105 Å². The van der Waals surface area contributed by atoms with Crippen LogP contribution in [-0.4, -0.2) is 90.4 Å². The van der Waals surface area contributed by atoms with Gasteiger partial charge in [0.15, 0.2) is 5.92 Å². The van der Waals surface area contributed by atoms with Gasteiger partial charge in [-0.25, -0.2) is 0 Å². The van der Waals surface area contributed by atoms with E-state index in [2.05, 4.69) is 26.9 Å². The van der Waals surface area contributed by atoms with E-state index in [0.717, 1.165) is 12.2 Å².